The Balaban J connectivity index is 2.33. The van der Waals surface area contributed by atoms with Crippen LogP contribution in [0.2, 0.25) is 0 Å². The second-order valence-electron chi connectivity index (χ2n) is 2.87. The maximum absolute atomic E-state index is 10.0. The molecule has 4 nitrogen and oxygen atoms in total. The molecule has 0 aliphatic rings. The zero-order chi connectivity index (χ0) is 10.9. The van der Waals surface area contributed by atoms with E-state index in [2.05, 4.69) is 5.32 Å². The van der Waals surface area contributed by atoms with Gasteiger partial charge < -0.3 is 19.6 Å². The predicted octanol–water partition coefficient (Wildman–Crippen LogP) is 0.862. The number of hydrogen-bond acceptors (Lipinski definition) is 4. The molecule has 1 rings (SSSR count). The zero-order valence-electron chi connectivity index (χ0n) is 8.73. The topological polar surface area (TPSA) is 47.6 Å². The van der Waals surface area contributed by atoms with Gasteiger partial charge in [-0.1, -0.05) is 12.1 Å². The molecule has 0 aliphatic carbocycles. The molecule has 0 amide bonds. The number of carbonyl (C=O) groups excluding carboxylic acids is 1. The van der Waals surface area contributed by atoms with Gasteiger partial charge >= 0.3 is 0 Å². The number of para-hydroxylation sites is 2. The van der Waals surface area contributed by atoms with E-state index in [4.69, 9.17) is 9.47 Å². The Labute approximate surface area is 89.2 Å². The minimum Gasteiger partial charge on any atom is -0.493 e. The Morgan fingerprint density at radius 3 is 2.73 bits per heavy atom. The summed E-state index contributed by atoms with van der Waals surface area (Å²) in [6.45, 7) is 1.50. The number of benzene rings is 1. The zero-order valence-corrected chi connectivity index (χ0v) is 8.73. The van der Waals surface area contributed by atoms with Crippen molar-refractivity contribution >= 4 is 6.29 Å². The lowest BCUT2D eigenvalue weighted by atomic mass is 10.3. The fourth-order valence-corrected chi connectivity index (χ4v) is 1.13. The first kappa shape index (κ1) is 11.5. The first-order chi connectivity index (χ1) is 7.38. The number of nitrogens with one attached hydrogen (secondary N) is 1. The molecule has 0 bridgehead atoms. The number of rotatable bonds is 7. The van der Waals surface area contributed by atoms with Gasteiger partial charge in [0.25, 0.3) is 0 Å². The van der Waals surface area contributed by atoms with E-state index in [1.165, 1.54) is 0 Å². The maximum atomic E-state index is 10.0. The molecule has 0 atom stereocenters. The van der Waals surface area contributed by atoms with Crippen molar-refractivity contribution in [1.82, 2.24) is 5.32 Å². The summed E-state index contributed by atoms with van der Waals surface area (Å²) in [6, 6.07) is 7.46. The van der Waals surface area contributed by atoms with Crippen LogP contribution in [0.1, 0.15) is 0 Å². The summed E-state index contributed by atoms with van der Waals surface area (Å²) in [5.41, 5.74) is 0. The summed E-state index contributed by atoms with van der Waals surface area (Å²) < 4.78 is 10.6. The van der Waals surface area contributed by atoms with Crippen molar-refractivity contribution in [2.45, 2.75) is 0 Å². The number of aldehydes is 1. The summed E-state index contributed by atoms with van der Waals surface area (Å²) >= 11 is 0. The van der Waals surface area contributed by atoms with E-state index in [0.717, 1.165) is 6.29 Å². The lowest BCUT2D eigenvalue weighted by molar-refractivity contribution is -0.107. The first-order valence-electron chi connectivity index (χ1n) is 4.78. The lowest BCUT2D eigenvalue weighted by Gasteiger charge is -2.09. The lowest BCUT2D eigenvalue weighted by Crippen LogP contribution is -2.22. The molecule has 1 aromatic carbocycles. The van der Waals surface area contributed by atoms with Crippen LogP contribution in [0.4, 0.5) is 0 Å². The third kappa shape index (κ3) is 3.99. The number of ether oxygens (including phenoxy) is 2. The van der Waals surface area contributed by atoms with E-state index in [9.17, 15) is 4.79 Å². The molecule has 1 aromatic rings. The fourth-order valence-electron chi connectivity index (χ4n) is 1.13. The van der Waals surface area contributed by atoms with Crippen LogP contribution in [0, 0.1) is 0 Å². The molecule has 82 valence electrons. The Kier molecular flexibility index (Phi) is 5.25. The number of methoxy groups -OCH3 is 1. The molecular formula is C11H15NO3. The average molecular weight is 209 g/mol. The third-order valence-electron chi connectivity index (χ3n) is 1.83. The summed E-state index contributed by atoms with van der Waals surface area (Å²) in [4.78, 5) is 10.0. The van der Waals surface area contributed by atoms with Gasteiger partial charge in [-0.05, 0) is 12.1 Å². The van der Waals surface area contributed by atoms with Crippen molar-refractivity contribution in [2.24, 2.45) is 0 Å². The Bertz CT molecular complexity index is 302. The second kappa shape index (κ2) is 6.84. The minimum atomic E-state index is 0.356. The monoisotopic (exact) mass is 209 g/mol. The molecule has 15 heavy (non-hydrogen) atoms. The quantitative estimate of drug-likeness (QED) is 0.534. The van der Waals surface area contributed by atoms with Gasteiger partial charge in [-0.15, -0.1) is 0 Å². The molecule has 4 heteroatoms. The van der Waals surface area contributed by atoms with E-state index in [1.807, 2.05) is 24.3 Å². The van der Waals surface area contributed by atoms with Crippen molar-refractivity contribution < 1.29 is 14.3 Å². The Morgan fingerprint density at radius 2 is 2.07 bits per heavy atom. The summed E-state index contributed by atoms with van der Waals surface area (Å²) in [6.07, 6.45) is 0.823. The standard InChI is InChI=1S/C11H15NO3/c1-14-10-4-2-3-5-11(10)15-9-7-12-6-8-13/h2-5,8,12H,6-7,9H2,1H3. The van der Waals surface area contributed by atoms with Crippen molar-refractivity contribution in [2.75, 3.05) is 26.8 Å². The molecule has 0 radical (unpaired) electrons. The van der Waals surface area contributed by atoms with Crippen LogP contribution in [0.25, 0.3) is 0 Å². The normalized spacial score (nSPS) is 9.67. The average Bonchev–Trinajstić information content (AvgIpc) is 2.29. The molecular weight excluding hydrogens is 194 g/mol. The SMILES string of the molecule is COc1ccccc1OCCNCC=O. The van der Waals surface area contributed by atoms with Crippen LogP contribution in [0.15, 0.2) is 24.3 Å². The molecule has 0 heterocycles. The van der Waals surface area contributed by atoms with Crippen molar-refractivity contribution in [3.8, 4) is 11.5 Å². The van der Waals surface area contributed by atoms with Crippen LogP contribution in [0.3, 0.4) is 0 Å². The van der Waals surface area contributed by atoms with Gasteiger partial charge in [0.1, 0.15) is 12.9 Å². The molecule has 0 aromatic heterocycles. The number of carbonyl (C=O) groups is 1. The smallest absolute Gasteiger partial charge is 0.161 e. The van der Waals surface area contributed by atoms with Gasteiger partial charge in [0.2, 0.25) is 0 Å². The highest BCUT2D eigenvalue weighted by Gasteiger charge is 2.00. The largest absolute Gasteiger partial charge is 0.493 e. The van der Waals surface area contributed by atoms with Crippen molar-refractivity contribution in [3.63, 3.8) is 0 Å². The van der Waals surface area contributed by atoms with Gasteiger partial charge in [-0.25, -0.2) is 0 Å². The van der Waals surface area contributed by atoms with Crippen molar-refractivity contribution in [1.29, 1.82) is 0 Å². The van der Waals surface area contributed by atoms with Crippen LogP contribution < -0.4 is 14.8 Å². The van der Waals surface area contributed by atoms with Gasteiger partial charge in [0.15, 0.2) is 11.5 Å². The van der Waals surface area contributed by atoms with Crippen LogP contribution in [-0.2, 0) is 4.79 Å². The Hall–Kier alpha value is -1.55. The highest BCUT2D eigenvalue weighted by molar-refractivity contribution is 5.51. The third-order valence-corrected chi connectivity index (χ3v) is 1.83. The summed E-state index contributed by atoms with van der Waals surface area (Å²) in [7, 11) is 1.60. The van der Waals surface area contributed by atoms with E-state index >= 15 is 0 Å². The molecule has 0 fully saturated rings. The van der Waals surface area contributed by atoms with Crippen LogP contribution >= 0.6 is 0 Å². The predicted molar refractivity (Wildman–Crippen MR) is 57.4 cm³/mol. The van der Waals surface area contributed by atoms with Crippen LogP contribution in [-0.4, -0.2) is 33.1 Å². The minimum absolute atomic E-state index is 0.356. The molecule has 0 saturated carbocycles. The van der Waals surface area contributed by atoms with Gasteiger partial charge in [0, 0.05) is 6.54 Å². The second-order valence-corrected chi connectivity index (χ2v) is 2.87. The van der Waals surface area contributed by atoms with E-state index < -0.39 is 0 Å². The molecule has 0 unspecified atom stereocenters. The number of hydrogen-bond donors (Lipinski definition) is 1. The van der Waals surface area contributed by atoms with Gasteiger partial charge in [-0.3, -0.25) is 0 Å². The van der Waals surface area contributed by atoms with E-state index in [0.29, 0.717) is 31.2 Å². The summed E-state index contributed by atoms with van der Waals surface area (Å²) in [5, 5.41) is 2.91. The summed E-state index contributed by atoms with van der Waals surface area (Å²) in [5.74, 6) is 1.43. The highest BCUT2D eigenvalue weighted by Crippen LogP contribution is 2.25. The first-order valence-corrected chi connectivity index (χ1v) is 4.78. The van der Waals surface area contributed by atoms with E-state index in [1.54, 1.807) is 7.11 Å². The van der Waals surface area contributed by atoms with E-state index in [-0.39, 0.29) is 0 Å². The molecule has 0 aliphatic heterocycles. The molecule has 0 spiro atoms. The molecule has 1 N–H and O–H groups in total. The Morgan fingerprint density at radius 1 is 1.33 bits per heavy atom. The van der Waals surface area contributed by atoms with Gasteiger partial charge in [0.05, 0.1) is 13.7 Å². The maximum Gasteiger partial charge on any atom is 0.161 e. The van der Waals surface area contributed by atoms with Gasteiger partial charge in [-0.2, -0.15) is 0 Å². The molecule has 0 saturated heterocycles. The fraction of sp³-hybridized carbons (Fsp3) is 0.364. The van der Waals surface area contributed by atoms with Crippen molar-refractivity contribution in [3.05, 3.63) is 24.3 Å². The van der Waals surface area contributed by atoms with Crippen LogP contribution in [0.5, 0.6) is 11.5 Å². The highest BCUT2D eigenvalue weighted by atomic mass is 16.5.